The maximum atomic E-state index is 12.5. The maximum absolute atomic E-state index is 12.5. The van der Waals surface area contributed by atoms with Crippen molar-refractivity contribution in [3.05, 3.63) is 53.7 Å². The molecule has 0 saturated carbocycles. The van der Waals surface area contributed by atoms with Gasteiger partial charge in [-0.3, -0.25) is 4.79 Å². The smallest absolute Gasteiger partial charge is 0.246 e. The zero-order chi connectivity index (χ0) is 28.2. The largest absolute Gasteiger partial charge is 0.506 e. The second-order valence-electron chi connectivity index (χ2n) is 10.6. The average Bonchev–Trinajstić information content (AvgIpc) is 3.39. The zero-order valence-electron chi connectivity index (χ0n) is 22.9. The van der Waals surface area contributed by atoms with Crippen molar-refractivity contribution >= 4 is 17.3 Å². The second-order valence-corrected chi connectivity index (χ2v) is 10.6. The van der Waals surface area contributed by atoms with Gasteiger partial charge in [-0.15, -0.1) is 0 Å². The molecule has 10 heteroatoms. The number of anilines is 2. The lowest BCUT2D eigenvalue weighted by Gasteiger charge is -2.43. The lowest BCUT2D eigenvalue weighted by Crippen LogP contribution is -2.55. The third-order valence-corrected chi connectivity index (χ3v) is 8.30. The molecule has 0 bridgehead atoms. The summed E-state index contributed by atoms with van der Waals surface area (Å²) in [5.41, 5.74) is 3.71. The van der Waals surface area contributed by atoms with E-state index in [0.29, 0.717) is 57.2 Å². The van der Waals surface area contributed by atoms with Crippen molar-refractivity contribution in [2.45, 2.75) is 44.3 Å². The number of para-hydroxylation sites is 2. The Bertz CT molecular complexity index is 1360. The monoisotopic (exact) mass is 541 g/mol. The number of phenols is 1. The van der Waals surface area contributed by atoms with E-state index < -0.39 is 0 Å². The van der Waals surface area contributed by atoms with Crippen LogP contribution in [-0.4, -0.2) is 84.3 Å². The molecule has 0 aliphatic carbocycles. The summed E-state index contributed by atoms with van der Waals surface area (Å²) in [4.78, 5) is 25.6. The predicted molar refractivity (Wildman–Crippen MR) is 151 cm³/mol. The highest BCUT2D eigenvalue weighted by atomic mass is 16.5. The third kappa shape index (κ3) is 5.28. The van der Waals surface area contributed by atoms with E-state index in [2.05, 4.69) is 40.5 Å². The highest BCUT2D eigenvalue weighted by molar-refractivity contribution is 5.87. The molecular weight excluding hydrogens is 506 g/mol. The molecule has 40 heavy (non-hydrogen) atoms. The fraction of sp³-hybridized carbons (Fsp3) is 0.467. The molecule has 1 aromatic heterocycles. The van der Waals surface area contributed by atoms with E-state index in [1.54, 1.807) is 17.0 Å². The van der Waals surface area contributed by atoms with Gasteiger partial charge in [0.15, 0.2) is 0 Å². The number of fused-ring (bicyclic) bond motifs is 1. The van der Waals surface area contributed by atoms with Crippen LogP contribution in [0.25, 0.3) is 0 Å². The summed E-state index contributed by atoms with van der Waals surface area (Å²) >= 11 is 0. The number of likely N-dealkylation sites (tertiary alicyclic amines) is 1. The van der Waals surface area contributed by atoms with Gasteiger partial charge < -0.3 is 29.4 Å². The van der Waals surface area contributed by atoms with Crippen LogP contribution in [0.3, 0.4) is 0 Å². The van der Waals surface area contributed by atoms with E-state index >= 15 is 0 Å². The van der Waals surface area contributed by atoms with Crippen LogP contribution in [0.2, 0.25) is 0 Å². The summed E-state index contributed by atoms with van der Waals surface area (Å²) in [6.07, 6.45) is 4.24. The number of piperazine rings is 1. The van der Waals surface area contributed by atoms with Crippen molar-refractivity contribution in [3.63, 3.8) is 0 Å². The lowest BCUT2D eigenvalue weighted by molar-refractivity contribution is -0.128. The number of rotatable bonds is 7. The first-order valence-electron chi connectivity index (χ1n) is 13.8. The Balaban J connectivity index is 1.53. The number of aromatic hydroxyl groups is 1. The molecule has 1 amide bonds. The number of phenolic OH excluding ortho intramolecular Hbond substituents is 1. The summed E-state index contributed by atoms with van der Waals surface area (Å²) in [6.45, 7) is 7.55. The van der Waals surface area contributed by atoms with E-state index in [-0.39, 0.29) is 30.2 Å². The van der Waals surface area contributed by atoms with Gasteiger partial charge in [0, 0.05) is 37.8 Å². The van der Waals surface area contributed by atoms with Gasteiger partial charge in [0.1, 0.15) is 24.0 Å². The molecule has 2 atom stereocenters. The minimum Gasteiger partial charge on any atom is -0.506 e. The molecule has 0 radical (unpaired) electrons. The number of ether oxygens (including phenoxy) is 1. The summed E-state index contributed by atoms with van der Waals surface area (Å²) in [5.74, 6) is 0.334. The topological polar surface area (TPSA) is 120 Å². The van der Waals surface area contributed by atoms with Crippen LogP contribution >= 0.6 is 0 Å². The molecule has 5 rings (SSSR count). The van der Waals surface area contributed by atoms with Crippen LogP contribution in [0, 0.1) is 22.7 Å². The highest BCUT2D eigenvalue weighted by Crippen LogP contribution is 2.39. The van der Waals surface area contributed by atoms with Gasteiger partial charge in [0.2, 0.25) is 11.8 Å². The van der Waals surface area contributed by atoms with E-state index in [1.165, 1.54) is 6.08 Å². The number of nitriles is 2. The van der Waals surface area contributed by atoms with Crippen LogP contribution in [0.4, 0.5) is 11.4 Å². The van der Waals surface area contributed by atoms with Crippen LogP contribution in [0.15, 0.2) is 36.9 Å². The fourth-order valence-corrected chi connectivity index (χ4v) is 6.14. The fourth-order valence-electron chi connectivity index (χ4n) is 6.14. The van der Waals surface area contributed by atoms with Gasteiger partial charge in [0.05, 0.1) is 42.1 Å². The van der Waals surface area contributed by atoms with Crippen LogP contribution < -0.4 is 14.5 Å². The number of nitrogens with zero attached hydrogens (tertiary/aromatic N) is 7. The van der Waals surface area contributed by atoms with E-state index in [9.17, 15) is 20.4 Å². The molecule has 10 nitrogen and oxygen atoms in total. The standard InChI is InChI=1S/C30H35N7O3/c1-3-28(39)37-16-15-36(18-21(37)10-12-31)29-23-11-14-35(26-8-4-5-9-27(26)38)19-25(23)33-30(24(29)17-32)40-20-22-7-6-13-34(22)2/h3-5,8-9,21-22,38H,1,6-7,10-11,13-16,18-20H2,2H3. The maximum Gasteiger partial charge on any atom is 0.246 e. The van der Waals surface area contributed by atoms with Gasteiger partial charge >= 0.3 is 0 Å². The van der Waals surface area contributed by atoms with Crippen molar-refractivity contribution in [2.24, 2.45) is 0 Å². The van der Waals surface area contributed by atoms with Gasteiger partial charge in [-0.05, 0) is 51.1 Å². The Morgan fingerprint density at radius 3 is 2.73 bits per heavy atom. The number of amides is 1. The van der Waals surface area contributed by atoms with Gasteiger partial charge in [0.25, 0.3) is 0 Å². The lowest BCUT2D eigenvalue weighted by atomic mass is 9.96. The van der Waals surface area contributed by atoms with Crippen molar-refractivity contribution < 1.29 is 14.6 Å². The Kier molecular flexibility index (Phi) is 8.09. The Hall–Kier alpha value is -4.28. The number of aromatic nitrogens is 1. The first kappa shape index (κ1) is 27.3. The minimum atomic E-state index is -0.322. The number of carbonyl (C=O) groups is 1. The SMILES string of the molecule is C=CC(=O)N1CCN(c2c(C#N)c(OCC3CCCN3C)nc3c2CCN(c2ccccc2O)C3)CC1CC#N. The summed E-state index contributed by atoms with van der Waals surface area (Å²) in [7, 11) is 2.08. The summed E-state index contributed by atoms with van der Waals surface area (Å²) in [5, 5.41) is 30.4. The van der Waals surface area contributed by atoms with E-state index in [4.69, 9.17) is 9.72 Å². The molecule has 208 valence electrons. The number of hydrogen-bond donors (Lipinski definition) is 1. The van der Waals surface area contributed by atoms with Crippen molar-refractivity contribution in [3.8, 4) is 23.8 Å². The van der Waals surface area contributed by atoms with Crippen molar-refractivity contribution in [1.29, 1.82) is 10.5 Å². The predicted octanol–water partition coefficient (Wildman–Crippen LogP) is 2.81. The van der Waals surface area contributed by atoms with Crippen LogP contribution in [-0.2, 0) is 17.8 Å². The molecule has 2 fully saturated rings. The molecule has 1 N–H and O–H groups in total. The Labute approximate surface area is 235 Å². The molecule has 1 aromatic carbocycles. The third-order valence-electron chi connectivity index (χ3n) is 8.30. The Morgan fingerprint density at radius 2 is 2.02 bits per heavy atom. The highest BCUT2D eigenvalue weighted by Gasteiger charge is 2.35. The number of hydrogen-bond acceptors (Lipinski definition) is 9. The van der Waals surface area contributed by atoms with Crippen LogP contribution in [0.5, 0.6) is 11.6 Å². The molecular formula is C30H35N7O3. The zero-order valence-corrected chi connectivity index (χ0v) is 22.9. The average molecular weight is 542 g/mol. The minimum absolute atomic E-state index is 0.184. The van der Waals surface area contributed by atoms with Crippen LogP contribution in [0.1, 0.15) is 36.1 Å². The van der Waals surface area contributed by atoms with Gasteiger partial charge in [-0.25, -0.2) is 4.98 Å². The molecule has 3 aliphatic rings. The van der Waals surface area contributed by atoms with Crippen molar-refractivity contribution in [2.75, 3.05) is 56.2 Å². The first-order chi connectivity index (χ1) is 19.4. The number of pyridine rings is 1. The van der Waals surface area contributed by atoms with Gasteiger partial charge in [-0.1, -0.05) is 18.7 Å². The molecule has 2 saturated heterocycles. The van der Waals surface area contributed by atoms with Crippen molar-refractivity contribution in [1.82, 2.24) is 14.8 Å². The molecule has 4 heterocycles. The van der Waals surface area contributed by atoms with E-state index in [0.717, 1.165) is 42.0 Å². The van der Waals surface area contributed by atoms with E-state index in [1.807, 2.05) is 12.1 Å². The Morgan fingerprint density at radius 1 is 1.20 bits per heavy atom. The number of benzene rings is 1. The molecule has 2 unspecified atom stereocenters. The van der Waals surface area contributed by atoms with Gasteiger partial charge in [-0.2, -0.15) is 10.5 Å². The normalized spacial score (nSPS) is 20.9. The summed E-state index contributed by atoms with van der Waals surface area (Å²) < 4.78 is 6.30. The second kappa shape index (κ2) is 11.8. The number of likely N-dealkylation sites (N-methyl/N-ethyl adjacent to an activating group) is 1. The quantitative estimate of drug-likeness (QED) is 0.528. The summed E-state index contributed by atoms with van der Waals surface area (Å²) in [6, 6.07) is 11.8. The molecule has 0 spiro atoms. The molecule has 2 aromatic rings. The molecule has 3 aliphatic heterocycles. The first-order valence-corrected chi connectivity index (χ1v) is 13.8. The number of carbonyl (C=O) groups excluding carboxylic acids is 1.